The average molecular weight is 234 g/mol. The molecule has 0 spiro atoms. The maximum atomic E-state index is 12.1. The lowest BCUT2D eigenvalue weighted by Crippen LogP contribution is -2.28. The number of amides is 1. The minimum Gasteiger partial charge on any atom is -0.339 e. The van der Waals surface area contributed by atoms with Gasteiger partial charge in [-0.2, -0.15) is 0 Å². The maximum absolute atomic E-state index is 12.1. The molecule has 1 amide bonds. The number of carbonyl (C=O) groups is 1. The fourth-order valence-electron chi connectivity index (χ4n) is 2.09. The summed E-state index contributed by atoms with van der Waals surface area (Å²) >= 11 is 0. The number of nitrogens with zero attached hydrogens (tertiary/aromatic N) is 2. The van der Waals surface area contributed by atoms with Gasteiger partial charge in [-0.25, -0.2) is 0 Å². The fourth-order valence-corrected chi connectivity index (χ4v) is 2.09. The van der Waals surface area contributed by atoms with Crippen LogP contribution in [0, 0.1) is 17.0 Å². The number of nitro benzene ring substituents is 1. The van der Waals surface area contributed by atoms with E-state index in [1.165, 1.54) is 12.1 Å². The molecule has 5 heteroatoms. The second-order valence-electron chi connectivity index (χ2n) is 4.26. The van der Waals surface area contributed by atoms with Crippen LogP contribution in [0.25, 0.3) is 0 Å². The van der Waals surface area contributed by atoms with Crippen LogP contribution >= 0.6 is 0 Å². The molecule has 1 fully saturated rings. The molecule has 1 aromatic rings. The molecule has 1 aliphatic heterocycles. The molecular formula is C12H14N2O3. The molecule has 5 nitrogen and oxygen atoms in total. The summed E-state index contributed by atoms with van der Waals surface area (Å²) in [5, 5.41) is 10.6. The summed E-state index contributed by atoms with van der Waals surface area (Å²) in [7, 11) is 0. The van der Waals surface area contributed by atoms with E-state index < -0.39 is 4.92 Å². The van der Waals surface area contributed by atoms with Crippen molar-refractivity contribution in [1.29, 1.82) is 0 Å². The summed E-state index contributed by atoms with van der Waals surface area (Å²) < 4.78 is 0. The lowest BCUT2D eigenvalue weighted by Gasteiger charge is -2.16. The Bertz CT molecular complexity index is 465. The zero-order valence-corrected chi connectivity index (χ0v) is 9.68. The third kappa shape index (κ3) is 2.27. The van der Waals surface area contributed by atoms with Crippen molar-refractivity contribution in [2.45, 2.75) is 19.8 Å². The molecular weight excluding hydrogens is 220 g/mol. The number of aryl methyl sites for hydroxylation is 1. The minimum atomic E-state index is -0.447. The lowest BCUT2D eigenvalue weighted by atomic mass is 10.1. The van der Waals surface area contributed by atoms with Crippen molar-refractivity contribution < 1.29 is 9.72 Å². The van der Waals surface area contributed by atoms with E-state index in [4.69, 9.17) is 0 Å². The van der Waals surface area contributed by atoms with E-state index in [0.717, 1.165) is 25.9 Å². The third-order valence-corrected chi connectivity index (χ3v) is 3.04. The van der Waals surface area contributed by atoms with Gasteiger partial charge in [0.05, 0.1) is 4.92 Å². The molecule has 0 aliphatic carbocycles. The largest absolute Gasteiger partial charge is 0.339 e. The first kappa shape index (κ1) is 11.6. The zero-order valence-electron chi connectivity index (χ0n) is 9.68. The lowest BCUT2D eigenvalue weighted by molar-refractivity contribution is -0.384. The molecule has 1 aromatic carbocycles. The normalized spacial score (nSPS) is 15.0. The monoisotopic (exact) mass is 234 g/mol. The van der Waals surface area contributed by atoms with Crippen LogP contribution in [0.1, 0.15) is 28.8 Å². The van der Waals surface area contributed by atoms with E-state index in [2.05, 4.69) is 0 Å². The SMILES string of the molecule is Cc1cc([N+](=O)[O-])ccc1C(=O)N1CCCC1. The van der Waals surface area contributed by atoms with E-state index in [1.807, 2.05) is 0 Å². The zero-order chi connectivity index (χ0) is 12.4. The number of rotatable bonds is 2. The molecule has 0 radical (unpaired) electrons. The number of benzene rings is 1. The summed E-state index contributed by atoms with van der Waals surface area (Å²) in [5.74, 6) is -0.0186. The van der Waals surface area contributed by atoms with Gasteiger partial charge in [0.2, 0.25) is 0 Å². The Balaban J connectivity index is 2.26. The third-order valence-electron chi connectivity index (χ3n) is 3.04. The molecule has 17 heavy (non-hydrogen) atoms. The number of likely N-dealkylation sites (tertiary alicyclic amines) is 1. The van der Waals surface area contributed by atoms with Crippen molar-refractivity contribution in [3.05, 3.63) is 39.4 Å². The molecule has 0 aromatic heterocycles. The first-order valence-electron chi connectivity index (χ1n) is 5.64. The van der Waals surface area contributed by atoms with Crippen molar-refractivity contribution in [2.24, 2.45) is 0 Å². The van der Waals surface area contributed by atoms with Crippen molar-refractivity contribution >= 4 is 11.6 Å². The fraction of sp³-hybridized carbons (Fsp3) is 0.417. The summed E-state index contributed by atoms with van der Waals surface area (Å²) in [6, 6.07) is 4.38. The van der Waals surface area contributed by atoms with Crippen LogP contribution in [-0.2, 0) is 0 Å². The first-order valence-corrected chi connectivity index (χ1v) is 5.64. The van der Waals surface area contributed by atoms with Crippen LogP contribution in [0.2, 0.25) is 0 Å². The summed E-state index contributed by atoms with van der Waals surface area (Å²) in [4.78, 5) is 24.1. The number of non-ortho nitro benzene ring substituents is 1. The van der Waals surface area contributed by atoms with Crippen LogP contribution in [-0.4, -0.2) is 28.8 Å². The Kier molecular flexibility index (Phi) is 3.08. The van der Waals surface area contributed by atoms with Gasteiger partial charge in [0.1, 0.15) is 0 Å². The highest BCUT2D eigenvalue weighted by Crippen LogP contribution is 2.20. The smallest absolute Gasteiger partial charge is 0.269 e. The van der Waals surface area contributed by atoms with E-state index in [0.29, 0.717) is 11.1 Å². The molecule has 2 rings (SSSR count). The van der Waals surface area contributed by atoms with Gasteiger partial charge in [-0.05, 0) is 31.4 Å². The Morgan fingerprint density at radius 2 is 2.00 bits per heavy atom. The van der Waals surface area contributed by atoms with Crippen LogP contribution < -0.4 is 0 Å². The number of hydrogen-bond acceptors (Lipinski definition) is 3. The van der Waals surface area contributed by atoms with Gasteiger partial charge < -0.3 is 4.90 Å². The molecule has 0 atom stereocenters. The molecule has 0 saturated carbocycles. The Hall–Kier alpha value is -1.91. The van der Waals surface area contributed by atoms with Gasteiger partial charge >= 0.3 is 0 Å². The standard InChI is InChI=1S/C12H14N2O3/c1-9-8-10(14(16)17)4-5-11(9)12(15)13-6-2-3-7-13/h4-5,8H,2-3,6-7H2,1H3. The van der Waals surface area contributed by atoms with Gasteiger partial charge in [-0.15, -0.1) is 0 Å². The minimum absolute atomic E-state index is 0.0186. The highest BCUT2D eigenvalue weighted by molar-refractivity contribution is 5.96. The Morgan fingerprint density at radius 1 is 1.35 bits per heavy atom. The Labute approximate surface area is 99.2 Å². The predicted molar refractivity (Wildman–Crippen MR) is 63.0 cm³/mol. The molecule has 0 unspecified atom stereocenters. The molecule has 1 heterocycles. The van der Waals surface area contributed by atoms with Crippen molar-refractivity contribution in [2.75, 3.05) is 13.1 Å². The van der Waals surface area contributed by atoms with Crippen molar-refractivity contribution in [1.82, 2.24) is 4.90 Å². The van der Waals surface area contributed by atoms with Gasteiger partial charge in [0, 0.05) is 30.8 Å². The van der Waals surface area contributed by atoms with Crippen molar-refractivity contribution in [3.8, 4) is 0 Å². The molecule has 1 aliphatic rings. The first-order chi connectivity index (χ1) is 8.09. The highest BCUT2D eigenvalue weighted by atomic mass is 16.6. The topological polar surface area (TPSA) is 63.5 Å². The molecule has 90 valence electrons. The van der Waals surface area contributed by atoms with E-state index in [1.54, 1.807) is 17.9 Å². The summed E-state index contributed by atoms with van der Waals surface area (Å²) in [6.45, 7) is 3.31. The van der Waals surface area contributed by atoms with Crippen LogP contribution in [0.3, 0.4) is 0 Å². The summed E-state index contributed by atoms with van der Waals surface area (Å²) in [6.07, 6.45) is 2.08. The number of hydrogen-bond donors (Lipinski definition) is 0. The summed E-state index contributed by atoms with van der Waals surface area (Å²) in [5.41, 5.74) is 1.26. The predicted octanol–water partition coefficient (Wildman–Crippen LogP) is 2.14. The quantitative estimate of drug-likeness (QED) is 0.581. The maximum Gasteiger partial charge on any atom is 0.269 e. The van der Waals surface area contributed by atoms with Gasteiger partial charge in [0.15, 0.2) is 0 Å². The van der Waals surface area contributed by atoms with Crippen LogP contribution in [0.4, 0.5) is 5.69 Å². The highest BCUT2D eigenvalue weighted by Gasteiger charge is 2.21. The molecule has 0 bridgehead atoms. The van der Waals surface area contributed by atoms with Crippen molar-refractivity contribution in [3.63, 3.8) is 0 Å². The van der Waals surface area contributed by atoms with Gasteiger partial charge in [0.25, 0.3) is 11.6 Å². The number of nitro groups is 1. The van der Waals surface area contributed by atoms with Gasteiger partial charge in [-0.3, -0.25) is 14.9 Å². The average Bonchev–Trinajstić information content (AvgIpc) is 2.81. The second-order valence-corrected chi connectivity index (χ2v) is 4.26. The Morgan fingerprint density at radius 3 is 2.53 bits per heavy atom. The van der Waals surface area contributed by atoms with Crippen LogP contribution in [0.5, 0.6) is 0 Å². The molecule has 0 N–H and O–H groups in total. The van der Waals surface area contributed by atoms with E-state index in [-0.39, 0.29) is 11.6 Å². The molecule has 1 saturated heterocycles. The number of carbonyl (C=O) groups excluding carboxylic acids is 1. The van der Waals surface area contributed by atoms with E-state index >= 15 is 0 Å². The van der Waals surface area contributed by atoms with Gasteiger partial charge in [-0.1, -0.05) is 0 Å². The van der Waals surface area contributed by atoms with E-state index in [9.17, 15) is 14.9 Å². The van der Waals surface area contributed by atoms with Crippen LogP contribution in [0.15, 0.2) is 18.2 Å². The second kappa shape index (κ2) is 4.53.